The van der Waals surface area contributed by atoms with Crippen molar-refractivity contribution in [2.45, 2.75) is 247 Å². The first-order valence-corrected chi connectivity index (χ1v) is 27.4. The molecule has 0 unspecified atom stereocenters. The number of aliphatic hydroxyl groups is 15. The third-order valence-corrected chi connectivity index (χ3v) is 20.4. The van der Waals surface area contributed by atoms with E-state index in [1.807, 2.05) is 6.92 Å². The molecule has 4 aliphatic heterocycles. The second-order valence-electron chi connectivity index (χ2n) is 25.7. The van der Waals surface area contributed by atoms with Crippen molar-refractivity contribution in [2.75, 3.05) is 26.4 Å². The van der Waals surface area contributed by atoms with Crippen LogP contribution in [0.3, 0.4) is 0 Å². The van der Waals surface area contributed by atoms with Crippen molar-refractivity contribution in [3.05, 3.63) is 12.2 Å². The fraction of sp³-hybridized carbons (Fsp3) is 0.962. The largest absolute Gasteiger partial charge is 0.394 e. The smallest absolute Gasteiger partial charge is 0.187 e. The van der Waals surface area contributed by atoms with E-state index in [2.05, 4.69) is 34.6 Å². The highest BCUT2D eigenvalue weighted by Crippen LogP contribution is 2.76. The van der Waals surface area contributed by atoms with E-state index in [4.69, 9.17) is 37.9 Å². The predicted octanol–water partition coefficient (Wildman–Crippen LogP) is -2.59. The minimum Gasteiger partial charge on any atom is -0.394 e. The second kappa shape index (κ2) is 22.5. The van der Waals surface area contributed by atoms with Gasteiger partial charge in [0, 0.05) is 0 Å². The van der Waals surface area contributed by atoms with Crippen LogP contribution < -0.4 is 0 Å². The Labute approximate surface area is 444 Å². The summed E-state index contributed by atoms with van der Waals surface area (Å²) in [6.45, 7) is 14.1. The summed E-state index contributed by atoms with van der Waals surface area (Å²) in [5, 5.41) is 162. The van der Waals surface area contributed by atoms with Crippen molar-refractivity contribution in [3.63, 3.8) is 0 Å². The highest BCUT2D eigenvalue weighted by molar-refractivity contribution is 5.21. The van der Waals surface area contributed by atoms with Gasteiger partial charge in [0.05, 0.1) is 49.8 Å². The van der Waals surface area contributed by atoms with E-state index in [0.29, 0.717) is 32.1 Å². The fourth-order valence-corrected chi connectivity index (χ4v) is 15.9. The van der Waals surface area contributed by atoms with Crippen molar-refractivity contribution in [1.29, 1.82) is 0 Å². The monoisotopic (exact) mass is 1090 g/mol. The zero-order valence-corrected chi connectivity index (χ0v) is 45.0. The third kappa shape index (κ3) is 10.8. The van der Waals surface area contributed by atoms with Gasteiger partial charge in [0.25, 0.3) is 0 Å². The maximum Gasteiger partial charge on any atom is 0.187 e. The summed E-state index contributed by atoms with van der Waals surface area (Å²) < 4.78 is 48.6. The Bertz CT molecular complexity index is 1980. The molecule has 8 fully saturated rings. The summed E-state index contributed by atoms with van der Waals surface area (Å²) in [6.07, 6.45) is -23.1. The summed E-state index contributed by atoms with van der Waals surface area (Å²) >= 11 is 0. The highest BCUT2D eigenvalue weighted by Gasteiger charge is 2.72. The van der Waals surface area contributed by atoms with Crippen molar-refractivity contribution >= 4 is 0 Å². The number of aliphatic hydroxyl groups excluding tert-OH is 14. The molecule has 0 aromatic rings. The van der Waals surface area contributed by atoms with E-state index in [1.54, 1.807) is 26.0 Å². The lowest BCUT2D eigenvalue weighted by Gasteiger charge is -2.71. The van der Waals surface area contributed by atoms with Crippen LogP contribution >= 0.6 is 0 Å². The molecule has 23 nitrogen and oxygen atoms in total. The Kier molecular flexibility index (Phi) is 18.1. The van der Waals surface area contributed by atoms with E-state index >= 15 is 0 Å². The van der Waals surface area contributed by atoms with Crippen LogP contribution in [-0.4, -0.2) is 243 Å². The lowest BCUT2D eigenvalue weighted by atomic mass is 9.35. The Hall–Kier alpha value is -1.18. The standard InChI is InChI=1S/C53H90O23/c1-48(2,68)13-9-14-53(8,76-46-42(67)38(63)36(61)28(73-46)22-70-44-40(65)33(58)25(57)21-69-44)23-10-16-52(7)32(23)24(56)18-30-50(5)15-12-31(49(3,4)29(50)11-17-51(30,52)6)74-47-43(39(64)35(60)27(20-55)72-47)75-45-41(66)37(62)34(59)26(19-54)71-45/h9,13,23-47,54-68H,10-12,14-22H2,1-8H3/b13-9+/t23-,24+,25+,26+,27+,28+,29-,30+,31-,32-,33-,34+,35+,36+,37-,38-,39-,40+,41+,42+,43+,44-,45-,46-,47-,50-,51+,52+,53-/m0/s1. The summed E-state index contributed by atoms with van der Waals surface area (Å²) in [7, 11) is 0. The molecule has 8 aliphatic rings. The molecule has 76 heavy (non-hydrogen) atoms. The third-order valence-electron chi connectivity index (χ3n) is 20.4. The molecule has 23 heteroatoms. The van der Waals surface area contributed by atoms with E-state index in [-0.39, 0.29) is 47.5 Å². The normalized spacial score (nSPS) is 52.6. The topological polar surface area (TPSA) is 377 Å². The quantitative estimate of drug-likeness (QED) is 0.0591. The molecule has 440 valence electrons. The van der Waals surface area contributed by atoms with E-state index < -0.39 is 171 Å². The van der Waals surface area contributed by atoms with Crippen LogP contribution in [0, 0.1) is 45.3 Å². The number of hydrogen-bond donors (Lipinski definition) is 15. The van der Waals surface area contributed by atoms with Gasteiger partial charge in [-0.2, -0.15) is 0 Å². The molecule has 4 heterocycles. The minimum atomic E-state index is -1.82. The van der Waals surface area contributed by atoms with Crippen LogP contribution in [0.15, 0.2) is 12.2 Å². The number of fused-ring (bicyclic) bond motifs is 5. The van der Waals surface area contributed by atoms with Gasteiger partial charge in [0.15, 0.2) is 25.2 Å². The lowest BCUT2D eigenvalue weighted by Crippen LogP contribution is -2.68. The van der Waals surface area contributed by atoms with Gasteiger partial charge in [-0.3, -0.25) is 0 Å². The zero-order valence-electron chi connectivity index (χ0n) is 45.0. The van der Waals surface area contributed by atoms with Gasteiger partial charge in [0.1, 0.15) is 91.6 Å². The van der Waals surface area contributed by atoms with E-state index in [0.717, 1.165) is 12.8 Å². The molecular formula is C53H90O23. The van der Waals surface area contributed by atoms with Crippen LogP contribution in [-0.2, 0) is 37.9 Å². The lowest BCUT2D eigenvalue weighted by molar-refractivity contribution is -0.378. The van der Waals surface area contributed by atoms with Crippen molar-refractivity contribution in [3.8, 4) is 0 Å². The fourth-order valence-electron chi connectivity index (χ4n) is 15.9. The number of hydrogen-bond acceptors (Lipinski definition) is 23. The zero-order chi connectivity index (χ0) is 56.0. The van der Waals surface area contributed by atoms with Crippen LogP contribution in [0.4, 0.5) is 0 Å². The van der Waals surface area contributed by atoms with Gasteiger partial charge >= 0.3 is 0 Å². The molecule has 4 aliphatic carbocycles. The molecule has 0 aromatic heterocycles. The van der Waals surface area contributed by atoms with Gasteiger partial charge in [-0.25, -0.2) is 0 Å². The molecule has 0 spiro atoms. The summed E-state index contributed by atoms with van der Waals surface area (Å²) in [6, 6.07) is 0. The average molecular weight is 1100 g/mol. The maximum absolute atomic E-state index is 12.8. The Morgan fingerprint density at radius 1 is 0.566 bits per heavy atom. The van der Waals surface area contributed by atoms with E-state index in [1.165, 1.54) is 0 Å². The first kappa shape index (κ1) is 60.9. The predicted molar refractivity (Wildman–Crippen MR) is 262 cm³/mol. The van der Waals surface area contributed by atoms with Crippen molar-refractivity contribution < 1.29 is 114 Å². The first-order valence-electron chi connectivity index (χ1n) is 27.4. The SMILES string of the molecule is CC(C)(O)/C=C/C[C@](C)(O[C@@H]1O[C@H](CO[C@@H]2OC[C@@H](O)[C@H](O)[C@H]2O)[C@@H](O)[C@H](O)[C@H]1O)[C@H]1CC[C@]2(C)[C@@H]1[C@H](O)C[C@@H]1[C@@]3(C)CC[C@H](O[C@@H]4O[C@H](CO)[C@@H](O)[C@H](O)[C@H]4O[C@@H]4O[C@H](CO)[C@@H](O)[C@H](O)[C@H]4O)C(C)(C)[C@@H]3CC[C@]12C. The van der Waals surface area contributed by atoms with Crippen LogP contribution in [0.25, 0.3) is 0 Å². The maximum atomic E-state index is 12.8. The first-order chi connectivity index (χ1) is 35.4. The van der Waals surface area contributed by atoms with Gasteiger partial charge < -0.3 is 114 Å². The van der Waals surface area contributed by atoms with E-state index in [9.17, 15) is 76.6 Å². The molecule has 0 amide bonds. The molecule has 15 N–H and O–H groups in total. The molecule has 4 saturated carbocycles. The number of rotatable bonds is 15. The van der Waals surface area contributed by atoms with Gasteiger partial charge in [-0.15, -0.1) is 0 Å². The van der Waals surface area contributed by atoms with Gasteiger partial charge in [-0.1, -0.05) is 46.8 Å². The Morgan fingerprint density at radius 3 is 1.76 bits per heavy atom. The molecule has 29 atom stereocenters. The average Bonchev–Trinajstić information content (AvgIpc) is 3.74. The molecule has 4 saturated heterocycles. The minimum absolute atomic E-state index is 0.0112. The molecular weight excluding hydrogens is 1000 g/mol. The van der Waals surface area contributed by atoms with Crippen molar-refractivity contribution in [1.82, 2.24) is 0 Å². The van der Waals surface area contributed by atoms with Gasteiger partial charge in [-0.05, 0) is 117 Å². The molecule has 0 radical (unpaired) electrons. The van der Waals surface area contributed by atoms with Crippen LogP contribution in [0.5, 0.6) is 0 Å². The summed E-state index contributed by atoms with van der Waals surface area (Å²) in [4.78, 5) is 0. The molecule has 0 bridgehead atoms. The molecule has 0 aromatic carbocycles. The van der Waals surface area contributed by atoms with Crippen LogP contribution in [0.1, 0.15) is 107 Å². The van der Waals surface area contributed by atoms with Crippen LogP contribution in [0.2, 0.25) is 0 Å². The van der Waals surface area contributed by atoms with Crippen molar-refractivity contribution in [2.24, 2.45) is 45.3 Å². The highest BCUT2D eigenvalue weighted by atomic mass is 16.8. The summed E-state index contributed by atoms with van der Waals surface area (Å²) in [5.41, 5.74) is -4.12. The number of ether oxygens (including phenoxy) is 8. The Morgan fingerprint density at radius 2 is 1.13 bits per heavy atom. The summed E-state index contributed by atoms with van der Waals surface area (Å²) in [5.74, 6) is -0.666. The Balaban J connectivity index is 1.02. The second-order valence-corrected chi connectivity index (χ2v) is 25.7. The van der Waals surface area contributed by atoms with Gasteiger partial charge in [0.2, 0.25) is 0 Å². The molecule has 8 rings (SSSR count).